The zero-order valence-electron chi connectivity index (χ0n) is 11.3. The standard InChI is InChI=1S/C14H14N4O2S/c1-18-13(20)11(12(19)15-14(18)21)10-7-9(16-17-10)8-5-3-2-4-6-8/h2-6,9,16,20H,7H2,1H3,(H,15,19,21)/t9-/m1/s1. The van der Waals surface area contributed by atoms with E-state index >= 15 is 0 Å². The highest BCUT2D eigenvalue weighted by molar-refractivity contribution is 7.71. The Morgan fingerprint density at radius 2 is 2.10 bits per heavy atom. The summed E-state index contributed by atoms with van der Waals surface area (Å²) in [4.78, 5) is 14.6. The molecule has 1 atom stereocenters. The number of H-pyrrole nitrogens is 1. The molecule has 21 heavy (non-hydrogen) atoms. The van der Waals surface area contributed by atoms with Gasteiger partial charge in [-0.05, 0) is 17.8 Å². The lowest BCUT2D eigenvalue weighted by Crippen LogP contribution is -2.21. The highest BCUT2D eigenvalue weighted by Crippen LogP contribution is 2.25. The lowest BCUT2D eigenvalue weighted by Gasteiger charge is -2.10. The van der Waals surface area contributed by atoms with Gasteiger partial charge in [0.25, 0.3) is 5.56 Å². The van der Waals surface area contributed by atoms with E-state index in [0.29, 0.717) is 12.1 Å². The normalized spacial score (nSPS) is 17.4. The summed E-state index contributed by atoms with van der Waals surface area (Å²) in [5, 5.41) is 14.3. The number of aromatic amines is 1. The first-order valence-electron chi connectivity index (χ1n) is 6.47. The van der Waals surface area contributed by atoms with E-state index < -0.39 is 5.56 Å². The van der Waals surface area contributed by atoms with Crippen molar-refractivity contribution in [2.75, 3.05) is 0 Å². The Morgan fingerprint density at radius 1 is 1.38 bits per heavy atom. The van der Waals surface area contributed by atoms with Crippen molar-refractivity contribution in [3.05, 3.63) is 56.6 Å². The smallest absolute Gasteiger partial charge is 0.264 e. The molecule has 0 saturated carbocycles. The van der Waals surface area contributed by atoms with E-state index in [4.69, 9.17) is 12.2 Å². The highest BCUT2D eigenvalue weighted by atomic mass is 32.1. The Labute approximate surface area is 125 Å². The molecule has 1 aliphatic rings. The van der Waals surface area contributed by atoms with Crippen LogP contribution in [0, 0.1) is 4.77 Å². The van der Waals surface area contributed by atoms with Gasteiger partial charge in [-0.25, -0.2) is 0 Å². The molecular weight excluding hydrogens is 288 g/mol. The topological polar surface area (TPSA) is 82.4 Å². The van der Waals surface area contributed by atoms with Crippen molar-refractivity contribution in [1.29, 1.82) is 0 Å². The minimum absolute atomic E-state index is 0.00603. The molecular formula is C14H14N4O2S. The molecule has 0 fully saturated rings. The molecule has 108 valence electrons. The number of rotatable bonds is 2. The van der Waals surface area contributed by atoms with Gasteiger partial charge >= 0.3 is 0 Å². The zero-order valence-corrected chi connectivity index (χ0v) is 12.1. The van der Waals surface area contributed by atoms with E-state index in [1.807, 2.05) is 30.3 Å². The quantitative estimate of drug-likeness (QED) is 0.736. The fourth-order valence-electron chi connectivity index (χ4n) is 2.35. The number of nitrogens with zero attached hydrogens (tertiary/aromatic N) is 2. The predicted octanol–water partition coefficient (Wildman–Crippen LogP) is 1.59. The first-order chi connectivity index (χ1) is 10.1. The van der Waals surface area contributed by atoms with E-state index in [1.54, 1.807) is 7.05 Å². The van der Waals surface area contributed by atoms with Gasteiger partial charge in [0.05, 0.1) is 11.8 Å². The summed E-state index contributed by atoms with van der Waals surface area (Å²) < 4.78 is 1.53. The van der Waals surface area contributed by atoms with Crippen LogP contribution >= 0.6 is 12.2 Å². The molecule has 1 aliphatic heterocycles. The number of hydrazone groups is 1. The molecule has 0 radical (unpaired) electrons. The Kier molecular flexibility index (Phi) is 3.34. The first kappa shape index (κ1) is 13.6. The van der Waals surface area contributed by atoms with Crippen LogP contribution in [0.2, 0.25) is 0 Å². The number of aromatic nitrogens is 2. The fraction of sp³-hybridized carbons (Fsp3) is 0.214. The highest BCUT2D eigenvalue weighted by Gasteiger charge is 2.26. The SMILES string of the molecule is Cn1c(O)c(C2=NN[C@@H](c3ccccc3)C2)c(=O)[nH]c1=S. The summed E-state index contributed by atoms with van der Waals surface area (Å²) in [6.07, 6.45) is 0.525. The van der Waals surface area contributed by atoms with E-state index in [0.717, 1.165) is 5.56 Å². The van der Waals surface area contributed by atoms with Gasteiger partial charge in [0.15, 0.2) is 4.77 Å². The monoisotopic (exact) mass is 302 g/mol. The number of aromatic hydroxyl groups is 1. The molecule has 0 aliphatic carbocycles. The molecule has 1 aromatic heterocycles. The van der Waals surface area contributed by atoms with Gasteiger partial charge in [0, 0.05) is 13.5 Å². The first-order valence-corrected chi connectivity index (χ1v) is 6.88. The van der Waals surface area contributed by atoms with Crippen LogP contribution in [0.15, 0.2) is 40.2 Å². The van der Waals surface area contributed by atoms with Crippen LogP contribution in [-0.4, -0.2) is 20.4 Å². The second kappa shape index (κ2) is 5.17. The lowest BCUT2D eigenvalue weighted by atomic mass is 10.0. The molecule has 3 rings (SSSR count). The van der Waals surface area contributed by atoms with Crippen LogP contribution in [-0.2, 0) is 7.05 Å². The zero-order chi connectivity index (χ0) is 15.0. The average molecular weight is 302 g/mol. The summed E-state index contributed by atoms with van der Waals surface area (Å²) in [5.41, 5.74) is 4.34. The van der Waals surface area contributed by atoms with Crippen LogP contribution in [0.5, 0.6) is 5.88 Å². The average Bonchev–Trinajstić information content (AvgIpc) is 2.95. The van der Waals surface area contributed by atoms with Gasteiger partial charge in [0.1, 0.15) is 5.56 Å². The molecule has 1 aromatic carbocycles. The number of hydrogen-bond acceptors (Lipinski definition) is 5. The van der Waals surface area contributed by atoms with Crippen LogP contribution in [0.1, 0.15) is 23.6 Å². The van der Waals surface area contributed by atoms with Crippen molar-refractivity contribution in [3.63, 3.8) is 0 Å². The molecule has 0 spiro atoms. The summed E-state index contributed by atoms with van der Waals surface area (Å²) in [6.45, 7) is 0. The molecule has 0 bridgehead atoms. The molecule has 2 heterocycles. The summed E-state index contributed by atoms with van der Waals surface area (Å²) in [5.74, 6) is -0.169. The Hall–Kier alpha value is -2.41. The van der Waals surface area contributed by atoms with E-state index in [1.165, 1.54) is 4.57 Å². The lowest BCUT2D eigenvalue weighted by molar-refractivity contribution is 0.419. The van der Waals surface area contributed by atoms with Crippen molar-refractivity contribution in [2.24, 2.45) is 12.1 Å². The van der Waals surface area contributed by atoms with Crippen molar-refractivity contribution in [3.8, 4) is 5.88 Å². The van der Waals surface area contributed by atoms with E-state index in [2.05, 4.69) is 15.5 Å². The van der Waals surface area contributed by atoms with Crippen LogP contribution in [0.4, 0.5) is 0 Å². The molecule has 0 amide bonds. The number of nitrogens with one attached hydrogen (secondary N) is 2. The van der Waals surface area contributed by atoms with Crippen molar-refractivity contribution in [2.45, 2.75) is 12.5 Å². The minimum atomic E-state index is -0.426. The molecule has 6 nitrogen and oxygen atoms in total. The number of hydrogen-bond donors (Lipinski definition) is 3. The second-order valence-electron chi connectivity index (χ2n) is 4.87. The maximum Gasteiger partial charge on any atom is 0.264 e. The number of benzene rings is 1. The molecule has 0 saturated heterocycles. The van der Waals surface area contributed by atoms with Crippen LogP contribution < -0.4 is 11.0 Å². The fourth-order valence-corrected chi connectivity index (χ4v) is 2.52. The maximum absolute atomic E-state index is 12.0. The van der Waals surface area contributed by atoms with Crippen LogP contribution in [0.25, 0.3) is 0 Å². The summed E-state index contributed by atoms with van der Waals surface area (Å²) >= 11 is 4.95. The van der Waals surface area contributed by atoms with Crippen molar-refractivity contribution >= 4 is 17.9 Å². The van der Waals surface area contributed by atoms with Gasteiger partial charge in [-0.2, -0.15) is 5.10 Å². The minimum Gasteiger partial charge on any atom is -0.494 e. The van der Waals surface area contributed by atoms with E-state index in [-0.39, 0.29) is 22.3 Å². The Bertz CT molecular complexity index is 823. The van der Waals surface area contributed by atoms with Crippen molar-refractivity contribution < 1.29 is 5.11 Å². The molecule has 3 N–H and O–H groups in total. The molecule has 7 heteroatoms. The maximum atomic E-state index is 12.0. The molecule has 2 aromatic rings. The summed E-state index contributed by atoms with van der Waals surface area (Å²) in [6, 6.07) is 9.82. The largest absolute Gasteiger partial charge is 0.494 e. The third-order valence-corrected chi connectivity index (χ3v) is 3.91. The second-order valence-corrected chi connectivity index (χ2v) is 5.26. The van der Waals surface area contributed by atoms with E-state index in [9.17, 15) is 9.90 Å². The summed E-state index contributed by atoms with van der Waals surface area (Å²) in [7, 11) is 1.59. The van der Waals surface area contributed by atoms with Crippen molar-refractivity contribution in [1.82, 2.24) is 15.0 Å². The predicted molar refractivity (Wildman–Crippen MR) is 82.0 cm³/mol. The Balaban J connectivity index is 1.96. The third-order valence-electron chi connectivity index (χ3n) is 3.54. The Morgan fingerprint density at radius 3 is 2.81 bits per heavy atom. The van der Waals surface area contributed by atoms with Crippen LogP contribution in [0.3, 0.4) is 0 Å². The third kappa shape index (κ3) is 2.36. The van der Waals surface area contributed by atoms with Gasteiger partial charge < -0.3 is 10.5 Å². The van der Waals surface area contributed by atoms with Gasteiger partial charge in [0.2, 0.25) is 5.88 Å². The molecule has 0 unspecified atom stereocenters. The van der Waals surface area contributed by atoms with Gasteiger partial charge in [-0.3, -0.25) is 14.3 Å². The van der Waals surface area contributed by atoms with Gasteiger partial charge in [-0.1, -0.05) is 30.3 Å². The van der Waals surface area contributed by atoms with Gasteiger partial charge in [-0.15, -0.1) is 0 Å².